The summed E-state index contributed by atoms with van der Waals surface area (Å²) in [5, 5.41) is 3.53. The van der Waals surface area contributed by atoms with Crippen molar-refractivity contribution in [3.05, 3.63) is 79.1 Å². The number of halogens is 3. The van der Waals surface area contributed by atoms with E-state index in [1.807, 2.05) is 0 Å². The third kappa shape index (κ3) is 3.42. The number of allylic oxidation sites excluding steroid dienone is 1. The minimum Gasteiger partial charge on any atom is -0.462 e. The van der Waals surface area contributed by atoms with Crippen LogP contribution in [0.2, 0.25) is 10.0 Å². The van der Waals surface area contributed by atoms with Crippen molar-refractivity contribution in [1.29, 1.82) is 0 Å². The fourth-order valence-electron chi connectivity index (χ4n) is 5.22. The van der Waals surface area contributed by atoms with Crippen molar-refractivity contribution < 1.29 is 19.1 Å². The molecule has 3 aliphatic rings. The fraction of sp³-hybridized carbons (Fsp3) is 0.240. The Kier molecular flexibility index (Phi) is 5.94. The predicted molar refractivity (Wildman–Crippen MR) is 137 cm³/mol. The third-order valence-corrected chi connectivity index (χ3v) is 7.54. The SMILES string of the molecule is CCOC(=O)C1=C(N)N(c2ccc(Br)cc2Cl)C2=C(C(=O)CCC2)C12C(=O)Nc1ccc(Cl)cc12. The van der Waals surface area contributed by atoms with Gasteiger partial charge in [-0.15, -0.1) is 0 Å². The maximum atomic E-state index is 13.9. The lowest BCUT2D eigenvalue weighted by Gasteiger charge is -2.44. The Balaban J connectivity index is 1.92. The summed E-state index contributed by atoms with van der Waals surface area (Å²) in [5.41, 5.74) is 6.86. The molecule has 1 spiro atoms. The molecular weight excluding hydrogens is 557 g/mol. The summed E-state index contributed by atoms with van der Waals surface area (Å²) in [4.78, 5) is 42.6. The average Bonchev–Trinajstić information content (AvgIpc) is 3.07. The van der Waals surface area contributed by atoms with E-state index >= 15 is 0 Å². The highest BCUT2D eigenvalue weighted by Crippen LogP contribution is 2.56. The molecule has 0 radical (unpaired) electrons. The minimum atomic E-state index is -1.79. The van der Waals surface area contributed by atoms with Crippen molar-refractivity contribution in [2.45, 2.75) is 31.6 Å². The van der Waals surface area contributed by atoms with Crippen molar-refractivity contribution in [1.82, 2.24) is 0 Å². The van der Waals surface area contributed by atoms with Crippen LogP contribution in [-0.2, 0) is 24.5 Å². The van der Waals surface area contributed by atoms with Crippen LogP contribution < -0.4 is 16.0 Å². The van der Waals surface area contributed by atoms with Crippen LogP contribution in [0.1, 0.15) is 31.7 Å². The van der Waals surface area contributed by atoms with Crippen LogP contribution in [-0.4, -0.2) is 24.3 Å². The third-order valence-electron chi connectivity index (χ3n) is 6.51. The van der Waals surface area contributed by atoms with E-state index in [1.165, 1.54) is 0 Å². The molecule has 1 atom stereocenters. The van der Waals surface area contributed by atoms with Gasteiger partial charge in [-0.2, -0.15) is 0 Å². The second-order valence-corrected chi connectivity index (χ2v) is 10.2. The van der Waals surface area contributed by atoms with Gasteiger partial charge in [0.25, 0.3) is 0 Å². The molecule has 10 heteroatoms. The molecule has 180 valence electrons. The Morgan fingerprint density at radius 1 is 1.20 bits per heavy atom. The molecule has 1 amide bonds. The highest BCUT2D eigenvalue weighted by molar-refractivity contribution is 9.10. The monoisotopic (exact) mass is 575 g/mol. The number of fused-ring (bicyclic) bond motifs is 3. The second kappa shape index (κ2) is 8.69. The number of Topliss-reactive ketones (excluding diaryl/α,β-unsaturated/α-hetero) is 1. The van der Waals surface area contributed by atoms with E-state index < -0.39 is 17.3 Å². The van der Waals surface area contributed by atoms with Gasteiger partial charge in [-0.05, 0) is 56.2 Å². The highest BCUT2D eigenvalue weighted by atomic mass is 79.9. The first-order valence-electron chi connectivity index (χ1n) is 11.0. The fourth-order valence-corrected chi connectivity index (χ4v) is 6.15. The Morgan fingerprint density at radius 2 is 1.97 bits per heavy atom. The number of carbonyl (C=O) groups excluding carboxylic acids is 3. The maximum Gasteiger partial charge on any atom is 0.339 e. The number of nitrogens with one attached hydrogen (secondary N) is 1. The van der Waals surface area contributed by atoms with Gasteiger partial charge in [0.1, 0.15) is 16.8 Å². The van der Waals surface area contributed by atoms with E-state index in [4.69, 9.17) is 33.7 Å². The summed E-state index contributed by atoms with van der Waals surface area (Å²) in [7, 11) is 0. The molecular formula is C25H20BrCl2N3O4. The standard InChI is InChI=1S/C25H20BrCl2N3O4/c1-2-35-23(33)21-22(29)31(17-9-6-12(26)10-15(17)28)18-4-3-5-19(32)20(18)25(21)14-11-13(27)7-8-16(14)30-24(25)34/h6-11H,2-5,29H2,1H3,(H,30,34). The Morgan fingerprint density at radius 3 is 2.69 bits per heavy atom. The Labute approximate surface area is 220 Å². The van der Waals surface area contributed by atoms with Crippen LogP contribution in [0.5, 0.6) is 0 Å². The van der Waals surface area contributed by atoms with Crippen LogP contribution in [0.3, 0.4) is 0 Å². The summed E-state index contributed by atoms with van der Waals surface area (Å²) < 4.78 is 6.14. The normalized spacial score (nSPS) is 21.3. The van der Waals surface area contributed by atoms with Gasteiger partial charge in [-0.25, -0.2) is 4.79 Å². The number of amides is 1. The number of anilines is 2. The zero-order valence-electron chi connectivity index (χ0n) is 18.6. The number of benzene rings is 2. The van der Waals surface area contributed by atoms with E-state index in [1.54, 1.807) is 48.2 Å². The van der Waals surface area contributed by atoms with Crippen LogP contribution in [0.4, 0.5) is 11.4 Å². The molecule has 2 aromatic rings. The van der Waals surface area contributed by atoms with Gasteiger partial charge >= 0.3 is 5.97 Å². The first-order chi connectivity index (χ1) is 16.7. The Hall–Kier alpha value is -2.81. The lowest BCUT2D eigenvalue weighted by Crippen LogP contribution is -2.53. The number of nitrogens with two attached hydrogens (primary N) is 1. The van der Waals surface area contributed by atoms with Crippen LogP contribution in [0.25, 0.3) is 0 Å². The molecule has 7 nitrogen and oxygen atoms in total. The molecule has 0 saturated carbocycles. The Bertz CT molecular complexity index is 1390. The number of ether oxygens (including phenoxy) is 1. The van der Waals surface area contributed by atoms with Gasteiger partial charge in [0, 0.05) is 38.4 Å². The summed E-state index contributed by atoms with van der Waals surface area (Å²) in [6.45, 7) is 1.71. The number of rotatable bonds is 3. The van der Waals surface area contributed by atoms with E-state index in [9.17, 15) is 14.4 Å². The maximum absolute atomic E-state index is 13.9. The van der Waals surface area contributed by atoms with Gasteiger partial charge < -0.3 is 15.8 Å². The molecule has 1 unspecified atom stereocenters. The average molecular weight is 577 g/mol. The molecule has 0 saturated heterocycles. The summed E-state index contributed by atoms with van der Waals surface area (Å²) >= 11 is 16.3. The largest absolute Gasteiger partial charge is 0.462 e. The van der Waals surface area contributed by atoms with Gasteiger partial charge in [0.15, 0.2) is 5.78 Å². The molecule has 2 aliphatic heterocycles. The van der Waals surface area contributed by atoms with E-state index in [0.717, 1.165) is 4.47 Å². The van der Waals surface area contributed by atoms with Crippen LogP contribution in [0.15, 0.2) is 63.5 Å². The number of ketones is 1. The van der Waals surface area contributed by atoms with Crippen LogP contribution >= 0.6 is 39.1 Å². The molecule has 2 aromatic carbocycles. The zero-order valence-corrected chi connectivity index (χ0v) is 21.7. The molecule has 5 rings (SSSR count). The number of esters is 1. The summed E-state index contributed by atoms with van der Waals surface area (Å²) in [5.74, 6) is -1.62. The van der Waals surface area contributed by atoms with Crippen molar-refractivity contribution in [3.63, 3.8) is 0 Å². The van der Waals surface area contributed by atoms with Gasteiger partial charge in [0.05, 0.1) is 17.3 Å². The number of hydrogen-bond acceptors (Lipinski definition) is 6. The first kappa shape index (κ1) is 23.9. The van der Waals surface area contributed by atoms with Crippen molar-refractivity contribution in [2.24, 2.45) is 5.73 Å². The van der Waals surface area contributed by atoms with Gasteiger partial charge in [0.2, 0.25) is 5.91 Å². The lowest BCUT2D eigenvalue weighted by molar-refractivity contribution is -0.140. The van der Waals surface area contributed by atoms with Crippen molar-refractivity contribution >= 4 is 68.2 Å². The molecule has 0 fully saturated rings. The van der Waals surface area contributed by atoms with E-state index in [0.29, 0.717) is 45.5 Å². The van der Waals surface area contributed by atoms with Gasteiger partial charge in [-0.1, -0.05) is 39.1 Å². The quantitative estimate of drug-likeness (QED) is 0.487. The first-order valence-corrected chi connectivity index (χ1v) is 12.6. The lowest BCUT2D eigenvalue weighted by atomic mass is 9.63. The summed E-state index contributed by atoms with van der Waals surface area (Å²) in [6.07, 6.45) is 1.24. The van der Waals surface area contributed by atoms with Gasteiger partial charge in [-0.3, -0.25) is 14.5 Å². The van der Waals surface area contributed by atoms with Crippen LogP contribution in [0, 0.1) is 0 Å². The molecule has 0 bridgehead atoms. The minimum absolute atomic E-state index is 0.0240. The number of hydrogen-bond donors (Lipinski definition) is 2. The highest BCUT2D eigenvalue weighted by Gasteiger charge is 2.62. The number of nitrogens with zero attached hydrogens (tertiary/aromatic N) is 1. The van der Waals surface area contributed by atoms with Crippen molar-refractivity contribution in [2.75, 3.05) is 16.8 Å². The molecule has 35 heavy (non-hydrogen) atoms. The number of carbonyl (C=O) groups is 3. The molecule has 3 N–H and O–H groups in total. The smallest absolute Gasteiger partial charge is 0.339 e. The van der Waals surface area contributed by atoms with E-state index in [-0.39, 0.29) is 35.8 Å². The predicted octanol–water partition coefficient (Wildman–Crippen LogP) is 5.21. The zero-order chi connectivity index (χ0) is 25.1. The summed E-state index contributed by atoms with van der Waals surface area (Å²) in [6, 6.07) is 10.1. The molecule has 0 aromatic heterocycles. The molecule has 2 heterocycles. The second-order valence-electron chi connectivity index (χ2n) is 8.40. The molecule has 1 aliphatic carbocycles. The van der Waals surface area contributed by atoms with E-state index in [2.05, 4.69) is 21.2 Å². The van der Waals surface area contributed by atoms with Crippen molar-refractivity contribution in [3.8, 4) is 0 Å². The topological polar surface area (TPSA) is 102 Å².